The van der Waals surface area contributed by atoms with Crippen molar-refractivity contribution in [1.82, 2.24) is 25.1 Å². The van der Waals surface area contributed by atoms with Gasteiger partial charge in [-0.3, -0.25) is 4.90 Å². The third-order valence-corrected chi connectivity index (χ3v) is 3.33. The Bertz CT molecular complexity index is 353. The molecule has 2 rings (SSSR count). The molecule has 6 nitrogen and oxygen atoms in total. The summed E-state index contributed by atoms with van der Waals surface area (Å²) < 4.78 is 5.55. The highest BCUT2D eigenvalue weighted by Gasteiger charge is 2.34. The van der Waals surface area contributed by atoms with E-state index in [0.717, 1.165) is 38.5 Å². The van der Waals surface area contributed by atoms with Crippen LogP contribution < -0.4 is 0 Å². The maximum absolute atomic E-state index is 5.55. The number of hydrogen-bond donors (Lipinski definition) is 0. The average Bonchev–Trinajstić information content (AvgIpc) is 2.68. The highest BCUT2D eigenvalue weighted by atomic mass is 16.5. The van der Waals surface area contributed by atoms with Crippen LogP contribution in [0.25, 0.3) is 0 Å². The first-order valence-electron chi connectivity index (χ1n) is 5.70. The summed E-state index contributed by atoms with van der Waals surface area (Å²) in [6.45, 7) is 7.66. The van der Waals surface area contributed by atoms with Gasteiger partial charge >= 0.3 is 0 Å². The summed E-state index contributed by atoms with van der Waals surface area (Å²) >= 11 is 0. The van der Waals surface area contributed by atoms with Crippen LogP contribution in [0.1, 0.15) is 26.1 Å². The van der Waals surface area contributed by atoms with Crippen molar-refractivity contribution in [3.63, 3.8) is 0 Å². The Balaban J connectivity index is 2.07. The normalized spacial score (nSPS) is 27.2. The lowest BCUT2D eigenvalue weighted by molar-refractivity contribution is -0.0671. The van der Waals surface area contributed by atoms with Gasteiger partial charge in [-0.25, -0.2) is 0 Å². The lowest BCUT2D eigenvalue weighted by Crippen LogP contribution is -2.54. The molecular weight excluding hydrogens is 206 g/mol. The largest absolute Gasteiger partial charge is 0.378 e. The zero-order valence-corrected chi connectivity index (χ0v) is 10.2. The van der Waals surface area contributed by atoms with Crippen molar-refractivity contribution in [2.24, 2.45) is 7.05 Å². The summed E-state index contributed by atoms with van der Waals surface area (Å²) in [5.74, 6) is 0.782. The fraction of sp³-hybridized carbons (Fsp3) is 0.900. The van der Waals surface area contributed by atoms with Crippen LogP contribution >= 0.6 is 0 Å². The Morgan fingerprint density at radius 3 is 2.94 bits per heavy atom. The van der Waals surface area contributed by atoms with Gasteiger partial charge in [0.25, 0.3) is 0 Å². The monoisotopic (exact) mass is 225 g/mol. The molecule has 0 bridgehead atoms. The molecule has 1 aliphatic rings. The smallest absolute Gasteiger partial charge is 0.188 e. The summed E-state index contributed by atoms with van der Waals surface area (Å²) in [7, 11) is 1.79. The van der Waals surface area contributed by atoms with Crippen molar-refractivity contribution >= 4 is 0 Å². The Labute approximate surface area is 95.6 Å². The zero-order chi connectivity index (χ0) is 11.6. The fourth-order valence-electron chi connectivity index (χ4n) is 1.98. The molecule has 90 valence electrons. The molecular formula is C10H19N5O. The van der Waals surface area contributed by atoms with Gasteiger partial charge in [-0.1, -0.05) is 6.92 Å². The highest BCUT2D eigenvalue weighted by Crippen LogP contribution is 2.24. The molecule has 1 aliphatic heterocycles. The molecule has 16 heavy (non-hydrogen) atoms. The average molecular weight is 225 g/mol. The summed E-state index contributed by atoms with van der Waals surface area (Å²) in [4.78, 5) is 3.88. The summed E-state index contributed by atoms with van der Waals surface area (Å²) in [6.07, 6.45) is 1.06. The zero-order valence-electron chi connectivity index (χ0n) is 10.2. The molecule has 1 fully saturated rings. The number of nitrogens with zero attached hydrogens (tertiary/aromatic N) is 5. The molecule has 0 saturated carbocycles. The minimum absolute atomic E-state index is 0.0947. The van der Waals surface area contributed by atoms with E-state index < -0.39 is 0 Å². The minimum atomic E-state index is 0.0947. The third kappa shape index (κ3) is 2.22. The van der Waals surface area contributed by atoms with E-state index in [1.807, 2.05) is 0 Å². The summed E-state index contributed by atoms with van der Waals surface area (Å²) in [5.41, 5.74) is 0.0947. The van der Waals surface area contributed by atoms with Crippen LogP contribution in [0.2, 0.25) is 0 Å². The standard InChI is InChI=1S/C10H19N5O/c1-4-10(2)8-16-6-5-15(10)7-9-11-13-14(3)12-9/h4-8H2,1-3H3/t10-/m0/s1. The number of aromatic nitrogens is 4. The maximum Gasteiger partial charge on any atom is 0.188 e. The van der Waals surface area contributed by atoms with Crippen molar-refractivity contribution in [2.45, 2.75) is 32.4 Å². The molecule has 2 heterocycles. The first-order chi connectivity index (χ1) is 7.64. The number of ether oxygens (including phenoxy) is 1. The Morgan fingerprint density at radius 2 is 2.31 bits per heavy atom. The molecule has 1 atom stereocenters. The van der Waals surface area contributed by atoms with Gasteiger partial charge in [-0.2, -0.15) is 4.80 Å². The van der Waals surface area contributed by atoms with Gasteiger partial charge in [0.15, 0.2) is 5.82 Å². The van der Waals surface area contributed by atoms with Gasteiger partial charge < -0.3 is 4.74 Å². The van der Waals surface area contributed by atoms with Gasteiger partial charge in [0, 0.05) is 12.1 Å². The number of aryl methyl sites for hydroxylation is 1. The molecule has 1 aromatic rings. The van der Waals surface area contributed by atoms with Gasteiger partial charge in [0.2, 0.25) is 0 Å². The Hall–Kier alpha value is -1.01. The molecule has 1 saturated heterocycles. The SMILES string of the molecule is CC[C@@]1(C)COCCN1Cc1nnn(C)n1. The van der Waals surface area contributed by atoms with E-state index in [4.69, 9.17) is 4.74 Å². The minimum Gasteiger partial charge on any atom is -0.378 e. The van der Waals surface area contributed by atoms with Crippen molar-refractivity contribution in [3.8, 4) is 0 Å². The predicted molar refractivity (Wildman–Crippen MR) is 58.7 cm³/mol. The molecule has 0 aliphatic carbocycles. The van der Waals surface area contributed by atoms with Crippen LogP contribution in [0.15, 0.2) is 0 Å². The lowest BCUT2D eigenvalue weighted by Gasteiger charge is -2.43. The number of rotatable bonds is 3. The molecule has 1 aromatic heterocycles. The topological polar surface area (TPSA) is 56.1 Å². The van der Waals surface area contributed by atoms with Crippen molar-refractivity contribution < 1.29 is 4.74 Å². The van der Waals surface area contributed by atoms with Gasteiger partial charge in [-0.05, 0) is 18.6 Å². The van der Waals surface area contributed by atoms with Crippen molar-refractivity contribution in [2.75, 3.05) is 19.8 Å². The van der Waals surface area contributed by atoms with Crippen LogP contribution in [-0.2, 0) is 18.3 Å². The van der Waals surface area contributed by atoms with E-state index in [1.165, 1.54) is 4.80 Å². The van der Waals surface area contributed by atoms with Gasteiger partial charge in [0.05, 0.1) is 26.8 Å². The van der Waals surface area contributed by atoms with Gasteiger partial charge in [0.1, 0.15) is 0 Å². The molecule has 0 radical (unpaired) electrons. The Morgan fingerprint density at radius 1 is 1.50 bits per heavy atom. The van der Waals surface area contributed by atoms with E-state index in [9.17, 15) is 0 Å². The van der Waals surface area contributed by atoms with E-state index in [-0.39, 0.29) is 5.54 Å². The van der Waals surface area contributed by atoms with Crippen LogP contribution in [0.3, 0.4) is 0 Å². The van der Waals surface area contributed by atoms with Crippen LogP contribution in [0.4, 0.5) is 0 Å². The van der Waals surface area contributed by atoms with E-state index in [2.05, 4.69) is 34.2 Å². The molecule has 6 heteroatoms. The third-order valence-electron chi connectivity index (χ3n) is 3.33. The Kier molecular flexibility index (Phi) is 3.20. The van der Waals surface area contributed by atoms with Crippen molar-refractivity contribution in [1.29, 1.82) is 0 Å². The first kappa shape index (κ1) is 11.5. The molecule has 0 aromatic carbocycles. The quantitative estimate of drug-likeness (QED) is 0.736. The van der Waals surface area contributed by atoms with Crippen LogP contribution in [0, 0.1) is 0 Å². The van der Waals surface area contributed by atoms with E-state index in [1.54, 1.807) is 7.05 Å². The van der Waals surface area contributed by atoms with Crippen LogP contribution in [-0.4, -0.2) is 50.4 Å². The van der Waals surface area contributed by atoms with Crippen molar-refractivity contribution in [3.05, 3.63) is 5.82 Å². The second-order valence-electron chi connectivity index (χ2n) is 4.52. The van der Waals surface area contributed by atoms with E-state index >= 15 is 0 Å². The summed E-state index contributed by atoms with van der Waals surface area (Å²) in [5, 5.41) is 12.1. The molecule has 0 N–H and O–H groups in total. The number of tetrazole rings is 1. The highest BCUT2D eigenvalue weighted by molar-refractivity contribution is 4.90. The molecule has 0 unspecified atom stereocenters. The summed E-state index contributed by atoms with van der Waals surface area (Å²) in [6, 6.07) is 0. The molecule has 0 amide bonds. The first-order valence-corrected chi connectivity index (χ1v) is 5.70. The fourth-order valence-corrected chi connectivity index (χ4v) is 1.98. The molecule has 0 spiro atoms. The second-order valence-corrected chi connectivity index (χ2v) is 4.52. The second kappa shape index (κ2) is 4.47. The number of hydrogen-bond acceptors (Lipinski definition) is 5. The lowest BCUT2D eigenvalue weighted by atomic mass is 9.96. The predicted octanol–water partition coefficient (Wildman–Crippen LogP) is 0.211. The van der Waals surface area contributed by atoms with Gasteiger partial charge in [-0.15, -0.1) is 10.2 Å². The number of morpholine rings is 1. The van der Waals surface area contributed by atoms with Crippen LogP contribution in [0.5, 0.6) is 0 Å². The maximum atomic E-state index is 5.55. The van der Waals surface area contributed by atoms with E-state index in [0.29, 0.717) is 0 Å².